The van der Waals surface area contributed by atoms with Gasteiger partial charge < -0.3 is 10.2 Å². The van der Waals surface area contributed by atoms with Crippen molar-refractivity contribution in [2.24, 2.45) is 11.3 Å². The van der Waals surface area contributed by atoms with Crippen molar-refractivity contribution in [1.29, 1.82) is 0 Å². The van der Waals surface area contributed by atoms with Crippen molar-refractivity contribution < 1.29 is 0 Å². The van der Waals surface area contributed by atoms with Crippen molar-refractivity contribution in [2.45, 2.75) is 79.2 Å². The molecule has 0 heterocycles. The summed E-state index contributed by atoms with van der Waals surface area (Å²) < 4.78 is 0. The fourth-order valence-corrected chi connectivity index (χ4v) is 3.59. The molecule has 0 radical (unpaired) electrons. The van der Waals surface area contributed by atoms with E-state index in [4.69, 9.17) is 0 Å². The van der Waals surface area contributed by atoms with Crippen LogP contribution in [-0.4, -0.2) is 37.1 Å². The quantitative estimate of drug-likeness (QED) is 0.668. The lowest BCUT2D eigenvalue weighted by Gasteiger charge is -2.39. The van der Waals surface area contributed by atoms with Crippen LogP contribution in [0, 0.1) is 11.3 Å². The molecule has 0 aromatic heterocycles. The Morgan fingerprint density at radius 2 is 1.60 bits per heavy atom. The third-order valence-electron chi connectivity index (χ3n) is 4.68. The third-order valence-corrected chi connectivity index (χ3v) is 4.68. The Hall–Kier alpha value is -0.0800. The summed E-state index contributed by atoms with van der Waals surface area (Å²) in [5, 5.41) is 3.74. The van der Waals surface area contributed by atoms with Crippen LogP contribution in [0.4, 0.5) is 0 Å². The molecule has 20 heavy (non-hydrogen) atoms. The Balaban J connectivity index is 2.68. The van der Waals surface area contributed by atoms with Crippen molar-refractivity contribution in [3.8, 4) is 0 Å². The van der Waals surface area contributed by atoms with Gasteiger partial charge in [-0.05, 0) is 30.7 Å². The minimum absolute atomic E-state index is 0.520. The van der Waals surface area contributed by atoms with Crippen LogP contribution in [0.5, 0.6) is 0 Å². The maximum atomic E-state index is 3.74. The average Bonchev–Trinajstić information content (AvgIpc) is 2.61. The van der Waals surface area contributed by atoms with Gasteiger partial charge in [0, 0.05) is 25.7 Å². The predicted octanol–water partition coefficient (Wildman–Crippen LogP) is 4.30. The Morgan fingerprint density at radius 3 is 2.05 bits per heavy atom. The molecule has 0 amide bonds. The van der Waals surface area contributed by atoms with Crippen LogP contribution in [0.25, 0.3) is 0 Å². The molecular weight excluding hydrogens is 244 g/mol. The minimum atomic E-state index is 0.520. The normalized spacial score (nSPS) is 19.8. The molecule has 1 rings (SSSR count). The zero-order valence-corrected chi connectivity index (χ0v) is 14.7. The van der Waals surface area contributed by atoms with Crippen LogP contribution < -0.4 is 5.32 Å². The maximum Gasteiger partial charge on any atom is 0.00501 e. The van der Waals surface area contributed by atoms with E-state index in [9.17, 15) is 0 Å². The van der Waals surface area contributed by atoms with E-state index >= 15 is 0 Å². The summed E-state index contributed by atoms with van der Waals surface area (Å²) in [5.74, 6) is 0.774. The van der Waals surface area contributed by atoms with Crippen LogP contribution in [-0.2, 0) is 0 Å². The molecule has 0 aromatic rings. The van der Waals surface area contributed by atoms with Gasteiger partial charge in [-0.2, -0.15) is 0 Å². The molecule has 0 bridgehead atoms. The zero-order valence-electron chi connectivity index (χ0n) is 14.7. The molecule has 0 unspecified atom stereocenters. The largest absolute Gasteiger partial charge is 0.314 e. The SMILES string of the molecule is CCN(CC(C)C)CC1(CNC(C)C)CCCCCC1. The van der Waals surface area contributed by atoms with Gasteiger partial charge >= 0.3 is 0 Å². The van der Waals surface area contributed by atoms with Crippen LogP contribution in [0.1, 0.15) is 73.1 Å². The van der Waals surface area contributed by atoms with Crippen molar-refractivity contribution in [3.63, 3.8) is 0 Å². The molecule has 1 aliphatic rings. The smallest absolute Gasteiger partial charge is 0.00501 e. The second-order valence-corrected chi connectivity index (χ2v) is 7.67. The molecule has 0 atom stereocenters. The summed E-state index contributed by atoms with van der Waals surface area (Å²) in [5.41, 5.74) is 0.520. The summed E-state index contributed by atoms with van der Waals surface area (Å²) in [6.45, 7) is 16.5. The Morgan fingerprint density at radius 1 is 1.00 bits per heavy atom. The molecule has 1 fully saturated rings. The lowest BCUT2D eigenvalue weighted by molar-refractivity contribution is 0.119. The predicted molar refractivity (Wildman–Crippen MR) is 90.2 cm³/mol. The molecule has 120 valence electrons. The number of nitrogens with one attached hydrogen (secondary N) is 1. The molecule has 0 saturated heterocycles. The van der Waals surface area contributed by atoms with Gasteiger partial charge in [-0.15, -0.1) is 0 Å². The highest BCUT2D eigenvalue weighted by Gasteiger charge is 2.32. The summed E-state index contributed by atoms with van der Waals surface area (Å²) in [7, 11) is 0. The van der Waals surface area contributed by atoms with Gasteiger partial charge in [0.25, 0.3) is 0 Å². The van der Waals surface area contributed by atoms with Crippen LogP contribution in [0.15, 0.2) is 0 Å². The Kier molecular flexibility index (Phi) is 8.13. The molecule has 1 aliphatic carbocycles. The molecule has 0 aromatic carbocycles. The van der Waals surface area contributed by atoms with E-state index in [1.165, 1.54) is 64.7 Å². The van der Waals surface area contributed by atoms with E-state index in [2.05, 4.69) is 44.8 Å². The highest BCUT2D eigenvalue weighted by atomic mass is 15.1. The van der Waals surface area contributed by atoms with Crippen molar-refractivity contribution >= 4 is 0 Å². The monoisotopic (exact) mass is 282 g/mol. The van der Waals surface area contributed by atoms with E-state index in [1.807, 2.05) is 0 Å². The van der Waals surface area contributed by atoms with Gasteiger partial charge in [0.1, 0.15) is 0 Å². The number of hydrogen-bond acceptors (Lipinski definition) is 2. The van der Waals surface area contributed by atoms with E-state index in [-0.39, 0.29) is 0 Å². The molecule has 1 saturated carbocycles. The Labute approximate surface area is 127 Å². The van der Waals surface area contributed by atoms with Gasteiger partial charge in [0.15, 0.2) is 0 Å². The first-order valence-corrected chi connectivity index (χ1v) is 8.93. The third kappa shape index (κ3) is 6.58. The second kappa shape index (κ2) is 9.04. The van der Waals surface area contributed by atoms with E-state index < -0.39 is 0 Å². The highest BCUT2D eigenvalue weighted by Crippen LogP contribution is 2.35. The first-order chi connectivity index (χ1) is 9.47. The fraction of sp³-hybridized carbons (Fsp3) is 1.00. The zero-order chi connectivity index (χ0) is 15.0. The summed E-state index contributed by atoms with van der Waals surface area (Å²) >= 11 is 0. The number of hydrogen-bond donors (Lipinski definition) is 1. The van der Waals surface area contributed by atoms with E-state index in [0.717, 1.165) is 5.92 Å². The summed E-state index contributed by atoms with van der Waals surface area (Å²) in [4.78, 5) is 2.69. The molecule has 0 spiro atoms. The average molecular weight is 283 g/mol. The van der Waals surface area contributed by atoms with E-state index in [0.29, 0.717) is 11.5 Å². The molecule has 0 aliphatic heterocycles. The lowest BCUT2D eigenvalue weighted by Crippen LogP contribution is -2.46. The maximum absolute atomic E-state index is 3.74. The molecule has 1 N–H and O–H groups in total. The van der Waals surface area contributed by atoms with E-state index in [1.54, 1.807) is 0 Å². The van der Waals surface area contributed by atoms with Crippen LogP contribution in [0.2, 0.25) is 0 Å². The standard InChI is InChI=1S/C18H38N2/c1-6-20(13-16(2)3)15-18(14-19-17(4)5)11-9-7-8-10-12-18/h16-17,19H,6-15H2,1-5H3. The number of nitrogens with zero attached hydrogens (tertiary/aromatic N) is 1. The topological polar surface area (TPSA) is 15.3 Å². The van der Waals surface area contributed by atoms with Gasteiger partial charge in [0.2, 0.25) is 0 Å². The first kappa shape index (κ1) is 18.0. The van der Waals surface area contributed by atoms with Gasteiger partial charge in [-0.25, -0.2) is 0 Å². The van der Waals surface area contributed by atoms with Crippen LogP contribution >= 0.6 is 0 Å². The van der Waals surface area contributed by atoms with Crippen LogP contribution in [0.3, 0.4) is 0 Å². The minimum Gasteiger partial charge on any atom is -0.314 e. The summed E-state index contributed by atoms with van der Waals surface area (Å²) in [6, 6.07) is 0.607. The second-order valence-electron chi connectivity index (χ2n) is 7.67. The van der Waals surface area contributed by atoms with Crippen molar-refractivity contribution in [1.82, 2.24) is 10.2 Å². The van der Waals surface area contributed by atoms with Crippen molar-refractivity contribution in [3.05, 3.63) is 0 Å². The first-order valence-electron chi connectivity index (χ1n) is 8.93. The number of rotatable bonds is 8. The lowest BCUT2D eigenvalue weighted by atomic mass is 9.79. The molecule has 2 nitrogen and oxygen atoms in total. The highest BCUT2D eigenvalue weighted by molar-refractivity contribution is 4.87. The fourth-order valence-electron chi connectivity index (χ4n) is 3.59. The molecular formula is C18H38N2. The van der Waals surface area contributed by atoms with Gasteiger partial charge in [-0.3, -0.25) is 0 Å². The molecule has 2 heteroatoms. The van der Waals surface area contributed by atoms with Crippen molar-refractivity contribution in [2.75, 3.05) is 26.2 Å². The van der Waals surface area contributed by atoms with Gasteiger partial charge in [-0.1, -0.05) is 60.3 Å². The summed E-state index contributed by atoms with van der Waals surface area (Å²) in [6.07, 6.45) is 8.58. The Bertz CT molecular complexity index is 240. The van der Waals surface area contributed by atoms with Gasteiger partial charge in [0.05, 0.1) is 0 Å².